The molecule has 0 amide bonds. The number of aryl methyl sites for hydroxylation is 2. The first kappa shape index (κ1) is 23.2. The summed E-state index contributed by atoms with van der Waals surface area (Å²) in [6.07, 6.45) is 2.14. The van der Waals surface area contributed by atoms with Crippen molar-refractivity contribution in [2.24, 2.45) is 0 Å². The van der Waals surface area contributed by atoms with Crippen LogP contribution < -0.4 is 14.8 Å². The summed E-state index contributed by atoms with van der Waals surface area (Å²) in [4.78, 5) is 0. The Morgan fingerprint density at radius 2 is 1.65 bits per heavy atom. The Bertz CT molecular complexity index is 941. The molecule has 0 spiro atoms. The van der Waals surface area contributed by atoms with Gasteiger partial charge in [-0.05, 0) is 62.4 Å². The number of halogens is 1. The van der Waals surface area contributed by atoms with Gasteiger partial charge >= 0.3 is 0 Å². The average Bonchev–Trinajstić information content (AvgIpc) is 2.78. The lowest BCUT2D eigenvalue weighted by Crippen LogP contribution is -2.26. The summed E-state index contributed by atoms with van der Waals surface area (Å²) in [6, 6.07) is 23.3. The van der Waals surface area contributed by atoms with E-state index in [4.69, 9.17) is 21.1 Å². The number of rotatable bonds is 11. The van der Waals surface area contributed by atoms with Crippen LogP contribution in [0.5, 0.6) is 11.5 Å². The molecule has 0 heterocycles. The SMILES string of the molecule is CCOc1cc(CN[C@@H](C)CCc2ccccc2)cc(Cl)c1OCc1ccc(C)cc1. The van der Waals surface area contributed by atoms with E-state index in [0.29, 0.717) is 35.8 Å². The van der Waals surface area contributed by atoms with E-state index in [0.717, 1.165) is 30.5 Å². The van der Waals surface area contributed by atoms with Gasteiger partial charge in [-0.3, -0.25) is 0 Å². The third kappa shape index (κ3) is 7.30. The van der Waals surface area contributed by atoms with Gasteiger partial charge in [-0.25, -0.2) is 0 Å². The zero-order valence-corrected chi connectivity index (χ0v) is 19.4. The second-order valence-electron chi connectivity index (χ2n) is 7.92. The molecule has 3 nitrogen and oxygen atoms in total. The zero-order valence-electron chi connectivity index (χ0n) is 18.7. The van der Waals surface area contributed by atoms with Gasteiger partial charge in [0.05, 0.1) is 11.6 Å². The Morgan fingerprint density at radius 3 is 2.35 bits per heavy atom. The molecule has 0 saturated carbocycles. The molecular weight excluding hydrogens is 406 g/mol. The fourth-order valence-electron chi connectivity index (χ4n) is 3.39. The maximum Gasteiger partial charge on any atom is 0.180 e. The average molecular weight is 438 g/mol. The maximum atomic E-state index is 6.59. The molecule has 0 saturated heterocycles. The van der Waals surface area contributed by atoms with Crippen LogP contribution in [0.3, 0.4) is 0 Å². The topological polar surface area (TPSA) is 30.5 Å². The van der Waals surface area contributed by atoms with Crippen LogP contribution in [-0.2, 0) is 19.6 Å². The van der Waals surface area contributed by atoms with Crippen molar-refractivity contribution in [3.8, 4) is 11.5 Å². The zero-order chi connectivity index (χ0) is 22.1. The molecule has 164 valence electrons. The Hall–Kier alpha value is -2.49. The van der Waals surface area contributed by atoms with Crippen LogP contribution in [-0.4, -0.2) is 12.6 Å². The normalized spacial score (nSPS) is 11.9. The van der Waals surface area contributed by atoms with E-state index in [1.807, 2.05) is 19.1 Å². The third-order valence-electron chi connectivity index (χ3n) is 5.24. The fourth-order valence-corrected chi connectivity index (χ4v) is 3.68. The van der Waals surface area contributed by atoms with E-state index in [1.54, 1.807) is 0 Å². The third-order valence-corrected chi connectivity index (χ3v) is 5.52. The van der Waals surface area contributed by atoms with Crippen molar-refractivity contribution in [2.45, 2.75) is 52.8 Å². The quantitative estimate of drug-likeness (QED) is 0.360. The summed E-state index contributed by atoms with van der Waals surface area (Å²) in [6.45, 7) is 8.00. The van der Waals surface area contributed by atoms with Crippen molar-refractivity contribution in [1.29, 1.82) is 0 Å². The number of ether oxygens (including phenoxy) is 2. The van der Waals surface area contributed by atoms with Gasteiger partial charge in [-0.2, -0.15) is 0 Å². The summed E-state index contributed by atoms with van der Waals surface area (Å²) in [5.41, 5.74) is 4.78. The van der Waals surface area contributed by atoms with Gasteiger partial charge < -0.3 is 14.8 Å². The molecule has 3 aromatic rings. The molecule has 1 N–H and O–H groups in total. The Kier molecular flexibility index (Phi) is 8.81. The van der Waals surface area contributed by atoms with Crippen molar-refractivity contribution < 1.29 is 9.47 Å². The van der Waals surface area contributed by atoms with E-state index in [-0.39, 0.29) is 0 Å². The minimum absolute atomic E-state index is 0.395. The summed E-state index contributed by atoms with van der Waals surface area (Å²) >= 11 is 6.59. The van der Waals surface area contributed by atoms with Crippen molar-refractivity contribution in [3.05, 3.63) is 94.0 Å². The van der Waals surface area contributed by atoms with Crippen LogP contribution in [0, 0.1) is 6.92 Å². The predicted octanol–water partition coefficient (Wildman–Crippen LogP) is 6.74. The Balaban J connectivity index is 1.60. The van der Waals surface area contributed by atoms with Gasteiger partial charge in [0.2, 0.25) is 0 Å². The van der Waals surface area contributed by atoms with Gasteiger partial charge in [0.1, 0.15) is 6.61 Å². The first-order valence-electron chi connectivity index (χ1n) is 11.0. The molecular formula is C27H32ClNO2. The van der Waals surface area contributed by atoms with Crippen LogP contribution in [0.4, 0.5) is 0 Å². The number of hydrogen-bond acceptors (Lipinski definition) is 3. The largest absolute Gasteiger partial charge is 0.490 e. The molecule has 0 radical (unpaired) electrons. The van der Waals surface area contributed by atoms with Gasteiger partial charge in [0.25, 0.3) is 0 Å². The molecule has 0 fully saturated rings. The highest BCUT2D eigenvalue weighted by atomic mass is 35.5. The van der Waals surface area contributed by atoms with E-state index >= 15 is 0 Å². The Morgan fingerprint density at radius 1 is 0.903 bits per heavy atom. The van der Waals surface area contributed by atoms with E-state index in [1.165, 1.54) is 11.1 Å². The van der Waals surface area contributed by atoms with Crippen LogP contribution >= 0.6 is 11.6 Å². The van der Waals surface area contributed by atoms with Gasteiger partial charge in [0, 0.05) is 12.6 Å². The van der Waals surface area contributed by atoms with Crippen molar-refractivity contribution in [1.82, 2.24) is 5.32 Å². The fraction of sp³-hybridized carbons (Fsp3) is 0.333. The molecule has 0 bridgehead atoms. The van der Waals surface area contributed by atoms with Crippen LogP contribution in [0.25, 0.3) is 0 Å². The molecule has 4 heteroatoms. The molecule has 0 aromatic heterocycles. The van der Waals surface area contributed by atoms with Crippen molar-refractivity contribution >= 4 is 11.6 Å². The smallest absolute Gasteiger partial charge is 0.180 e. The molecule has 1 atom stereocenters. The summed E-state index contributed by atoms with van der Waals surface area (Å²) in [5.74, 6) is 1.29. The first-order chi connectivity index (χ1) is 15.0. The first-order valence-corrected chi connectivity index (χ1v) is 11.3. The number of nitrogens with one attached hydrogen (secondary N) is 1. The lowest BCUT2D eigenvalue weighted by Gasteiger charge is -2.17. The molecule has 3 rings (SSSR count). The van der Waals surface area contributed by atoms with Gasteiger partial charge in [-0.15, -0.1) is 0 Å². The highest BCUT2D eigenvalue weighted by molar-refractivity contribution is 6.32. The maximum absolute atomic E-state index is 6.59. The Labute approximate surface area is 191 Å². The monoisotopic (exact) mass is 437 g/mol. The molecule has 31 heavy (non-hydrogen) atoms. The standard InChI is InChI=1S/C27H32ClNO2/c1-4-30-26-17-24(18-29-21(3)12-15-22-8-6-5-7-9-22)16-25(28)27(26)31-19-23-13-10-20(2)11-14-23/h5-11,13-14,16-17,21,29H,4,12,15,18-19H2,1-3H3/t21-/m0/s1. The summed E-state index contributed by atoms with van der Waals surface area (Å²) < 4.78 is 11.9. The van der Waals surface area contributed by atoms with Gasteiger partial charge in [-0.1, -0.05) is 71.8 Å². The van der Waals surface area contributed by atoms with Crippen molar-refractivity contribution in [3.63, 3.8) is 0 Å². The predicted molar refractivity (Wildman–Crippen MR) is 129 cm³/mol. The molecule has 3 aromatic carbocycles. The van der Waals surface area contributed by atoms with E-state index in [2.05, 4.69) is 73.8 Å². The lowest BCUT2D eigenvalue weighted by atomic mass is 10.1. The lowest BCUT2D eigenvalue weighted by molar-refractivity contribution is 0.269. The molecule has 0 unspecified atom stereocenters. The van der Waals surface area contributed by atoms with Gasteiger partial charge in [0.15, 0.2) is 11.5 Å². The second-order valence-corrected chi connectivity index (χ2v) is 8.33. The van der Waals surface area contributed by atoms with Crippen LogP contribution in [0.1, 0.15) is 42.5 Å². The second kappa shape index (κ2) is 11.8. The summed E-state index contributed by atoms with van der Waals surface area (Å²) in [7, 11) is 0. The number of benzene rings is 3. The van der Waals surface area contributed by atoms with E-state index < -0.39 is 0 Å². The highest BCUT2D eigenvalue weighted by Gasteiger charge is 2.14. The molecule has 0 aliphatic carbocycles. The highest BCUT2D eigenvalue weighted by Crippen LogP contribution is 2.37. The van der Waals surface area contributed by atoms with E-state index in [9.17, 15) is 0 Å². The number of hydrogen-bond donors (Lipinski definition) is 1. The molecule has 0 aliphatic rings. The van der Waals surface area contributed by atoms with Crippen LogP contribution in [0.2, 0.25) is 5.02 Å². The van der Waals surface area contributed by atoms with Crippen molar-refractivity contribution in [2.75, 3.05) is 6.61 Å². The summed E-state index contributed by atoms with van der Waals surface area (Å²) in [5, 5.41) is 4.17. The minimum atomic E-state index is 0.395. The minimum Gasteiger partial charge on any atom is -0.490 e. The van der Waals surface area contributed by atoms with Crippen LogP contribution in [0.15, 0.2) is 66.7 Å². The molecule has 0 aliphatic heterocycles.